The van der Waals surface area contributed by atoms with E-state index in [0.717, 1.165) is 34.6 Å². The number of hydrogen-bond acceptors (Lipinski definition) is 2. The number of hydrogen-bond donors (Lipinski definition) is 0. The van der Waals surface area contributed by atoms with Gasteiger partial charge in [0.2, 0.25) is 0 Å². The van der Waals surface area contributed by atoms with Gasteiger partial charge in [-0.25, -0.2) is 0 Å². The van der Waals surface area contributed by atoms with E-state index in [4.69, 9.17) is 16.3 Å². The maximum Gasteiger partial charge on any atom is 0.318 e. The lowest BCUT2D eigenvalue weighted by molar-refractivity contribution is -0.145. The smallest absolute Gasteiger partial charge is 0.318 e. The lowest BCUT2D eigenvalue weighted by Gasteiger charge is -2.18. The van der Waals surface area contributed by atoms with Gasteiger partial charge < -0.3 is 9.30 Å². The second-order valence-corrected chi connectivity index (χ2v) is 8.42. The molecule has 0 aliphatic carbocycles. The predicted molar refractivity (Wildman–Crippen MR) is 129 cm³/mol. The third-order valence-electron chi connectivity index (χ3n) is 5.75. The number of aryl methyl sites for hydroxylation is 1. The average molecular weight is 444 g/mol. The van der Waals surface area contributed by atoms with Gasteiger partial charge in [0, 0.05) is 23.0 Å². The van der Waals surface area contributed by atoms with Crippen molar-refractivity contribution in [2.45, 2.75) is 32.9 Å². The van der Waals surface area contributed by atoms with Crippen LogP contribution in [-0.2, 0) is 22.7 Å². The minimum atomic E-state index is -0.548. The molecule has 0 spiro atoms. The molecule has 162 valence electrons. The van der Waals surface area contributed by atoms with E-state index >= 15 is 0 Å². The summed E-state index contributed by atoms with van der Waals surface area (Å²) in [5, 5.41) is 0.599. The molecule has 32 heavy (non-hydrogen) atoms. The van der Waals surface area contributed by atoms with Crippen molar-refractivity contribution in [1.82, 2.24) is 4.57 Å². The number of benzene rings is 3. The molecule has 1 heterocycles. The quantitative estimate of drug-likeness (QED) is 0.298. The van der Waals surface area contributed by atoms with Gasteiger partial charge in [-0.1, -0.05) is 84.4 Å². The van der Waals surface area contributed by atoms with Gasteiger partial charge in [-0.3, -0.25) is 4.79 Å². The Morgan fingerprint density at radius 1 is 0.875 bits per heavy atom. The second kappa shape index (κ2) is 9.88. The van der Waals surface area contributed by atoms with Crippen molar-refractivity contribution < 1.29 is 9.53 Å². The molecule has 0 amide bonds. The molecular weight excluding hydrogens is 418 g/mol. The van der Waals surface area contributed by atoms with Crippen molar-refractivity contribution in [2.75, 3.05) is 0 Å². The maximum absolute atomic E-state index is 13.4. The largest absolute Gasteiger partial charge is 0.460 e. The monoisotopic (exact) mass is 443 g/mol. The van der Waals surface area contributed by atoms with Crippen molar-refractivity contribution >= 4 is 17.6 Å². The summed E-state index contributed by atoms with van der Waals surface area (Å²) in [5.41, 5.74) is 6.10. The number of esters is 1. The first kappa shape index (κ1) is 21.9. The van der Waals surface area contributed by atoms with Gasteiger partial charge in [0.15, 0.2) is 0 Å². The van der Waals surface area contributed by atoms with Crippen LogP contribution in [0.1, 0.15) is 39.6 Å². The Labute approximate surface area is 194 Å². The van der Waals surface area contributed by atoms with Gasteiger partial charge in [-0.15, -0.1) is 0 Å². The van der Waals surface area contributed by atoms with Crippen molar-refractivity contribution in [2.24, 2.45) is 0 Å². The summed E-state index contributed by atoms with van der Waals surface area (Å²) in [7, 11) is 0. The molecular formula is C28H26ClNO2. The van der Waals surface area contributed by atoms with Crippen molar-refractivity contribution in [1.29, 1.82) is 0 Å². The van der Waals surface area contributed by atoms with E-state index in [1.54, 1.807) is 0 Å². The number of aromatic nitrogens is 1. The molecule has 1 aromatic heterocycles. The first-order valence-corrected chi connectivity index (χ1v) is 11.1. The van der Waals surface area contributed by atoms with Crippen LogP contribution in [0.15, 0.2) is 91.0 Å². The normalized spacial score (nSPS) is 11.8. The van der Waals surface area contributed by atoms with Gasteiger partial charge in [0.1, 0.15) is 12.5 Å². The minimum Gasteiger partial charge on any atom is -0.460 e. The highest BCUT2D eigenvalue weighted by atomic mass is 35.5. The van der Waals surface area contributed by atoms with Crippen molar-refractivity contribution in [3.8, 4) is 0 Å². The van der Waals surface area contributed by atoms with E-state index in [9.17, 15) is 4.79 Å². The summed E-state index contributed by atoms with van der Waals surface area (Å²) in [4.78, 5) is 13.4. The van der Waals surface area contributed by atoms with Gasteiger partial charge in [0.05, 0.1) is 0 Å². The maximum atomic E-state index is 13.4. The fourth-order valence-corrected chi connectivity index (χ4v) is 4.27. The molecule has 0 aliphatic heterocycles. The lowest BCUT2D eigenvalue weighted by Crippen LogP contribution is -2.18. The summed E-state index contributed by atoms with van der Waals surface area (Å²) >= 11 is 6.28. The Morgan fingerprint density at radius 3 is 2.19 bits per heavy atom. The first-order chi connectivity index (χ1) is 15.5. The topological polar surface area (TPSA) is 31.2 Å². The molecule has 0 bridgehead atoms. The third-order valence-corrected chi connectivity index (χ3v) is 5.98. The highest BCUT2D eigenvalue weighted by molar-refractivity contribution is 6.30. The summed E-state index contributed by atoms with van der Waals surface area (Å²) in [5.74, 6) is -0.829. The number of ether oxygens (including phenoxy) is 1. The fourth-order valence-electron chi connectivity index (χ4n) is 4.07. The molecule has 4 aromatic rings. The van der Waals surface area contributed by atoms with E-state index in [1.165, 1.54) is 5.56 Å². The van der Waals surface area contributed by atoms with E-state index in [-0.39, 0.29) is 12.6 Å². The summed E-state index contributed by atoms with van der Waals surface area (Å²) in [6.45, 7) is 5.12. The number of nitrogens with zero attached hydrogens (tertiary/aromatic N) is 1. The summed E-state index contributed by atoms with van der Waals surface area (Å²) < 4.78 is 8.01. The standard InChI is InChI=1S/C28H26ClNO2/c1-20-16-26(21(2)30(20)18-22-10-5-3-6-11-22)27(24-14-9-15-25(29)17-24)28(31)32-19-23-12-7-4-8-13-23/h3-17,27H,18-19H2,1-2H3/t27-/m1/s1. The molecule has 0 saturated carbocycles. The van der Waals surface area contributed by atoms with Gasteiger partial charge in [0.25, 0.3) is 0 Å². The first-order valence-electron chi connectivity index (χ1n) is 10.7. The van der Waals surface area contributed by atoms with Gasteiger partial charge in [-0.05, 0) is 54.3 Å². The Morgan fingerprint density at radius 2 is 1.53 bits per heavy atom. The molecule has 4 rings (SSSR count). The van der Waals surface area contributed by atoms with Crippen LogP contribution < -0.4 is 0 Å². The van der Waals surface area contributed by atoms with E-state index in [0.29, 0.717) is 5.02 Å². The summed E-state index contributed by atoms with van der Waals surface area (Å²) in [6.07, 6.45) is 0. The van der Waals surface area contributed by atoms with Crippen LogP contribution in [0.5, 0.6) is 0 Å². The molecule has 0 saturated heterocycles. The highest BCUT2D eigenvalue weighted by Crippen LogP contribution is 2.33. The Balaban J connectivity index is 1.68. The zero-order chi connectivity index (χ0) is 22.5. The van der Waals surface area contributed by atoms with Crippen LogP contribution in [-0.4, -0.2) is 10.5 Å². The van der Waals surface area contributed by atoms with Crippen LogP contribution >= 0.6 is 11.6 Å². The molecule has 0 unspecified atom stereocenters. The molecule has 0 aliphatic rings. The van der Waals surface area contributed by atoms with Crippen LogP contribution in [0.3, 0.4) is 0 Å². The molecule has 0 radical (unpaired) electrons. The zero-order valence-electron chi connectivity index (χ0n) is 18.3. The average Bonchev–Trinajstić information content (AvgIpc) is 3.07. The zero-order valence-corrected chi connectivity index (χ0v) is 19.0. The van der Waals surface area contributed by atoms with E-state index in [1.807, 2.05) is 72.8 Å². The highest BCUT2D eigenvalue weighted by Gasteiger charge is 2.28. The summed E-state index contributed by atoms with van der Waals surface area (Å²) in [6, 6.07) is 29.6. The molecule has 3 nitrogen and oxygen atoms in total. The minimum absolute atomic E-state index is 0.236. The molecule has 3 aromatic carbocycles. The van der Waals surface area contributed by atoms with Crippen LogP contribution in [0.2, 0.25) is 5.02 Å². The SMILES string of the molecule is Cc1cc([C@H](C(=O)OCc2ccccc2)c2cccc(Cl)c2)c(C)n1Cc1ccccc1. The number of carbonyl (C=O) groups is 1. The van der Waals surface area contributed by atoms with Crippen LogP contribution in [0.4, 0.5) is 0 Å². The number of carbonyl (C=O) groups excluding carboxylic acids is 1. The van der Waals surface area contributed by atoms with Gasteiger partial charge in [-0.2, -0.15) is 0 Å². The Hall–Kier alpha value is -3.30. The lowest BCUT2D eigenvalue weighted by atomic mass is 9.91. The fraction of sp³-hybridized carbons (Fsp3) is 0.179. The van der Waals surface area contributed by atoms with Crippen molar-refractivity contribution in [3.63, 3.8) is 0 Å². The Bertz CT molecular complexity index is 1200. The molecule has 1 atom stereocenters. The van der Waals surface area contributed by atoms with Crippen LogP contribution in [0, 0.1) is 13.8 Å². The van der Waals surface area contributed by atoms with E-state index < -0.39 is 5.92 Å². The second-order valence-electron chi connectivity index (χ2n) is 7.98. The number of halogens is 1. The molecule has 0 N–H and O–H groups in total. The van der Waals surface area contributed by atoms with E-state index in [2.05, 4.69) is 36.6 Å². The van der Waals surface area contributed by atoms with Crippen LogP contribution in [0.25, 0.3) is 0 Å². The molecule has 0 fully saturated rings. The predicted octanol–water partition coefficient (Wildman–Crippen LogP) is 6.68. The Kier molecular flexibility index (Phi) is 6.77. The van der Waals surface area contributed by atoms with Crippen molar-refractivity contribution in [3.05, 3.63) is 130 Å². The third kappa shape index (κ3) is 4.95. The molecule has 4 heteroatoms. The number of rotatable bonds is 7. The van der Waals surface area contributed by atoms with Gasteiger partial charge >= 0.3 is 5.97 Å².